The van der Waals surface area contributed by atoms with Crippen LogP contribution in [-0.2, 0) is 11.3 Å². The van der Waals surface area contributed by atoms with Crippen LogP contribution in [0.1, 0.15) is 30.5 Å². The molecule has 1 aromatic heterocycles. The van der Waals surface area contributed by atoms with E-state index in [1.807, 2.05) is 32.9 Å². The summed E-state index contributed by atoms with van der Waals surface area (Å²) in [6, 6.07) is 3.85. The van der Waals surface area contributed by atoms with Crippen LogP contribution < -0.4 is 5.32 Å². The standard InChI is InChI=1S/C14H19NO2S/c1-10(2)11(3)14(17)15-9-13-7-6-12(18-13)5-4-8-16/h6-7,10-11,16H,8-9H2,1-3H3,(H,15,17). The van der Waals surface area contributed by atoms with Crippen LogP contribution in [0.2, 0.25) is 0 Å². The summed E-state index contributed by atoms with van der Waals surface area (Å²) in [5.74, 6) is 5.91. The molecule has 0 fully saturated rings. The predicted octanol–water partition coefficient (Wildman–Crippen LogP) is 2.00. The molecule has 3 nitrogen and oxygen atoms in total. The molecular weight excluding hydrogens is 246 g/mol. The quantitative estimate of drug-likeness (QED) is 0.818. The summed E-state index contributed by atoms with van der Waals surface area (Å²) in [5, 5.41) is 11.5. The van der Waals surface area contributed by atoms with Crippen LogP contribution in [0.5, 0.6) is 0 Å². The van der Waals surface area contributed by atoms with Gasteiger partial charge in [-0.25, -0.2) is 0 Å². The Morgan fingerprint density at radius 2 is 2.17 bits per heavy atom. The van der Waals surface area contributed by atoms with Gasteiger partial charge in [0, 0.05) is 10.8 Å². The normalized spacial score (nSPS) is 11.8. The molecule has 0 aliphatic heterocycles. The van der Waals surface area contributed by atoms with Crippen LogP contribution in [0.3, 0.4) is 0 Å². The number of nitrogens with one attached hydrogen (secondary N) is 1. The van der Waals surface area contributed by atoms with E-state index in [-0.39, 0.29) is 18.4 Å². The summed E-state index contributed by atoms with van der Waals surface area (Å²) in [4.78, 5) is 13.7. The average Bonchev–Trinajstić information content (AvgIpc) is 2.80. The maximum Gasteiger partial charge on any atom is 0.223 e. The van der Waals surface area contributed by atoms with Crippen molar-refractivity contribution in [3.8, 4) is 11.8 Å². The molecule has 0 bridgehead atoms. The maximum absolute atomic E-state index is 11.8. The molecule has 0 spiro atoms. The summed E-state index contributed by atoms with van der Waals surface area (Å²) in [5.41, 5.74) is 0. The molecule has 0 saturated heterocycles. The number of aliphatic hydroxyl groups excluding tert-OH is 1. The van der Waals surface area contributed by atoms with Gasteiger partial charge in [0.2, 0.25) is 5.91 Å². The highest BCUT2D eigenvalue weighted by molar-refractivity contribution is 7.12. The highest BCUT2D eigenvalue weighted by Gasteiger charge is 2.16. The lowest BCUT2D eigenvalue weighted by atomic mass is 9.97. The van der Waals surface area contributed by atoms with Crippen molar-refractivity contribution < 1.29 is 9.90 Å². The fourth-order valence-electron chi connectivity index (χ4n) is 1.30. The number of amides is 1. The van der Waals surface area contributed by atoms with Crippen molar-refractivity contribution in [2.45, 2.75) is 27.3 Å². The molecule has 0 aromatic carbocycles. The van der Waals surface area contributed by atoms with Gasteiger partial charge in [-0.2, -0.15) is 0 Å². The van der Waals surface area contributed by atoms with Crippen molar-refractivity contribution in [2.75, 3.05) is 6.61 Å². The van der Waals surface area contributed by atoms with Crippen molar-refractivity contribution in [3.05, 3.63) is 21.9 Å². The van der Waals surface area contributed by atoms with Gasteiger partial charge in [-0.1, -0.05) is 32.6 Å². The molecule has 0 aliphatic rings. The van der Waals surface area contributed by atoms with E-state index in [4.69, 9.17) is 5.11 Å². The van der Waals surface area contributed by atoms with E-state index in [2.05, 4.69) is 17.2 Å². The van der Waals surface area contributed by atoms with E-state index in [1.54, 1.807) is 0 Å². The largest absolute Gasteiger partial charge is 0.384 e. The minimum Gasteiger partial charge on any atom is -0.384 e. The van der Waals surface area contributed by atoms with Gasteiger partial charge >= 0.3 is 0 Å². The highest BCUT2D eigenvalue weighted by atomic mass is 32.1. The first kappa shape index (κ1) is 14.7. The van der Waals surface area contributed by atoms with Crippen molar-refractivity contribution >= 4 is 17.2 Å². The Bertz CT molecular complexity index is 454. The number of carbonyl (C=O) groups excluding carboxylic acids is 1. The summed E-state index contributed by atoms with van der Waals surface area (Å²) >= 11 is 1.54. The molecule has 4 heteroatoms. The Balaban J connectivity index is 2.49. The molecule has 1 rings (SSSR count). The third-order valence-corrected chi connectivity index (χ3v) is 3.80. The Labute approximate surface area is 112 Å². The maximum atomic E-state index is 11.8. The molecule has 2 N–H and O–H groups in total. The van der Waals surface area contributed by atoms with Gasteiger partial charge in [-0.3, -0.25) is 4.79 Å². The molecule has 1 unspecified atom stereocenters. The third kappa shape index (κ3) is 4.52. The zero-order valence-corrected chi connectivity index (χ0v) is 11.8. The minimum absolute atomic E-state index is 0.0265. The van der Waals surface area contributed by atoms with Crippen molar-refractivity contribution in [3.63, 3.8) is 0 Å². The molecule has 1 heterocycles. The fourth-order valence-corrected chi connectivity index (χ4v) is 2.13. The monoisotopic (exact) mass is 265 g/mol. The lowest BCUT2D eigenvalue weighted by molar-refractivity contribution is -0.125. The van der Waals surface area contributed by atoms with E-state index in [1.165, 1.54) is 11.3 Å². The lowest BCUT2D eigenvalue weighted by Gasteiger charge is -2.14. The second kappa shape index (κ2) is 7.20. The zero-order chi connectivity index (χ0) is 13.5. The van der Waals surface area contributed by atoms with Crippen LogP contribution in [-0.4, -0.2) is 17.6 Å². The summed E-state index contributed by atoms with van der Waals surface area (Å²) in [6.45, 7) is 6.43. The number of aliphatic hydroxyl groups is 1. The number of hydrogen-bond acceptors (Lipinski definition) is 3. The fraction of sp³-hybridized carbons (Fsp3) is 0.500. The summed E-state index contributed by atoms with van der Waals surface area (Å²) < 4.78 is 0. The first-order chi connectivity index (χ1) is 8.54. The van der Waals surface area contributed by atoms with Crippen LogP contribution in [0.15, 0.2) is 12.1 Å². The predicted molar refractivity (Wildman–Crippen MR) is 74.1 cm³/mol. The second-order valence-electron chi connectivity index (χ2n) is 4.48. The second-order valence-corrected chi connectivity index (χ2v) is 5.64. The molecule has 0 saturated carbocycles. The number of carbonyl (C=O) groups is 1. The minimum atomic E-state index is -0.129. The summed E-state index contributed by atoms with van der Waals surface area (Å²) in [6.07, 6.45) is 0. The number of rotatable bonds is 4. The van der Waals surface area contributed by atoms with Crippen molar-refractivity contribution in [2.24, 2.45) is 11.8 Å². The SMILES string of the molecule is CC(C)C(C)C(=O)NCc1ccc(C#CCO)s1. The molecular formula is C14H19NO2S. The topological polar surface area (TPSA) is 49.3 Å². The van der Waals surface area contributed by atoms with Crippen LogP contribution in [0.25, 0.3) is 0 Å². The smallest absolute Gasteiger partial charge is 0.223 e. The molecule has 0 radical (unpaired) electrons. The third-order valence-electron chi connectivity index (χ3n) is 2.80. The number of hydrogen-bond donors (Lipinski definition) is 2. The Kier molecular flexibility index (Phi) is 5.90. The Hall–Kier alpha value is -1.31. The van der Waals surface area contributed by atoms with Gasteiger partial charge in [0.1, 0.15) is 6.61 Å². The molecule has 0 aliphatic carbocycles. The van der Waals surface area contributed by atoms with Gasteiger partial charge in [-0.15, -0.1) is 11.3 Å². The van der Waals surface area contributed by atoms with E-state index in [0.29, 0.717) is 12.5 Å². The van der Waals surface area contributed by atoms with Gasteiger partial charge in [0.15, 0.2) is 0 Å². The average molecular weight is 265 g/mol. The van der Waals surface area contributed by atoms with E-state index in [0.717, 1.165) is 9.75 Å². The molecule has 18 heavy (non-hydrogen) atoms. The first-order valence-corrected chi connectivity index (χ1v) is 6.82. The van der Waals surface area contributed by atoms with Crippen molar-refractivity contribution in [1.82, 2.24) is 5.32 Å². The number of thiophene rings is 1. The lowest BCUT2D eigenvalue weighted by Crippen LogP contribution is -2.31. The Morgan fingerprint density at radius 3 is 2.78 bits per heavy atom. The molecule has 98 valence electrons. The van der Waals surface area contributed by atoms with Crippen LogP contribution >= 0.6 is 11.3 Å². The van der Waals surface area contributed by atoms with Gasteiger partial charge in [0.25, 0.3) is 0 Å². The molecule has 1 amide bonds. The van der Waals surface area contributed by atoms with Gasteiger partial charge < -0.3 is 10.4 Å². The highest BCUT2D eigenvalue weighted by Crippen LogP contribution is 2.16. The van der Waals surface area contributed by atoms with Gasteiger partial charge in [-0.05, 0) is 18.1 Å². The zero-order valence-electron chi connectivity index (χ0n) is 11.0. The summed E-state index contributed by atoms with van der Waals surface area (Å²) in [7, 11) is 0. The van der Waals surface area contributed by atoms with Crippen molar-refractivity contribution in [1.29, 1.82) is 0 Å². The molecule has 1 aromatic rings. The molecule has 1 atom stereocenters. The first-order valence-electron chi connectivity index (χ1n) is 6.00. The van der Waals surface area contributed by atoms with Gasteiger partial charge in [0.05, 0.1) is 11.4 Å². The Morgan fingerprint density at radius 1 is 1.44 bits per heavy atom. The van der Waals surface area contributed by atoms with E-state index >= 15 is 0 Å². The van der Waals surface area contributed by atoms with E-state index in [9.17, 15) is 4.79 Å². The van der Waals surface area contributed by atoms with Crippen LogP contribution in [0.4, 0.5) is 0 Å². The van der Waals surface area contributed by atoms with E-state index < -0.39 is 0 Å². The van der Waals surface area contributed by atoms with Crippen LogP contribution in [0, 0.1) is 23.7 Å².